The molecule has 0 saturated carbocycles. The van der Waals surface area contributed by atoms with Gasteiger partial charge in [0.2, 0.25) is 5.88 Å². The Morgan fingerprint density at radius 1 is 1.10 bits per heavy atom. The second-order valence-electron chi connectivity index (χ2n) is 4.95. The van der Waals surface area contributed by atoms with E-state index >= 15 is 0 Å². The van der Waals surface area contributed by atoms with Gasteiger partial charge in [0.1, 0.15) is 17.4 Å². The molecule has 0 aliphatic heterocycles. The maximum absolute atomic E-state index is 9.00. The van der Waals surface area contributed by atoms with E-state index < -0.39 is 0 Å². The number of rotatable bonds is 3. The number of nitriles is 1. The van der Waals surface area contributed by atoms with Crippen LogP contribution in [0.4, 0.5) is 5.82 Å². The summed E-state index contributed by atoms with van der Waals surface area (Å²) in [6, 6.07) is 5.77. The van der Waals surface area contributed by atoms with Crippen LogP contribution in [0.5, 0.6) is 11.6 Å². The first-order chi connectivity index (χ1) is 9.96. The third kappa shape index (κ3) is 2.95. The predicted molar refractivity (Wildman–Crippen MR) is 81.8 cm³/mol. The zero-order valence-corrected chi connectivity index (χ0v) is 12.9. The molecular formula is C16H18N4O. The van der Waals surface area contributed by atoms with Gasteiger partial charge < -0.3 is 10.1 Å². The van der Waals surface area contributed by atoms with Crippen molar-refractivity contribution in [1.82, 2.24) is 9.97 Å². The summed E-state index contributed by atoms with van der Waals surface area (Å²) in [6.07, 6.45) is 0. The number of hydrogen-bond donors (Lipinski definition) is 1. The van der Waals surface area contributed by atoms with Gasteiger partial charge in [-0.05, 0) is 51.0 Å². The first-order valence-electron chi connectivity index (χ1n) is 6.68. The molecule has 0 atom stereocenters. The van der Waals surface area contributed by atoms with Crippen molar-refractivity contribution in [2.75, 3.05) is 12.4 Å². The highest BCUT2D eigenvalue weighted by Crippen LogP contribution is 2.32. The number of ether oxygens (including phenoxy) is 1. The van der Waals surface area contributed by atoms with Gasteiger partial charge in [-0.15, -0.1) is 0 Å². The van der Waals surface area contributed by atoms with E-state index in [-0.39, 0.29) is 0 Å². The minimum absolute atomic E-state index is 0.530. The molecular weight excluding hydrogens is 264 g/mol. The van der Waals surface area contributed by atoms with Crippen LogP contribution in [0.1, 0.15) is 28.1 Å². The SMILES string of the molecule is CNc1nc(C)nc(Oc2c(C)cc(C#N)cc2C)c1C. The Balaban J connectivity index is 2.49. The quantitative estimate of drug-likeness (QED) is 0.934. The molecule has 2 rings (SSSR count). The lowest BCUT2D eigenvalue weighted by atomic mass is 10.1. The van der Waals surface area contributed by atoms with Crippen molar-refractivity contribution >= 4 is 5.82 Å². The highest BCUT2D eigenvalue weighted by molar-refractivity contribution is 5.52. The van der Waals surface area contributed by atoms with E-state index in [0.29, 0.717) is 17.3 Å². The Hall–Kier alpha value is -2.61. The second-order valence-corrected chi connectivity index (χ2v) is 4.95. The Labute approximate surface area is 124 Å². The fraction of sp³-hybridized carbons (Fsp3) is 0.312. The average molecular weight is 282 g/mol. The smallest absolute Gasteiger partial charge is 0.227 e. The van der Waals surface area contributed by atoms with E-state index in [1.54, 1.807) is 0 Å². The molecule has 5 nitrogen and oxygen atoms in total. The summed E-state index contributed by atoms with van der Waals surface area (Å²) in [5.74, 6) is 2.66. The Morgan fingerprint density at radius 2 is 1.71 bits per heavy atom. The summed E-state index contributed by atoms with van der Waals surface area (Å²) in [7, 11) is 1.82. The molecule has 0 spiro atoms. The van der Waals surface area contributed by atoms with Crippen molar-refractivity contribution in [2.24, 2.45) is 0 Å². The Kier molecular flexibility index (Phi) is 4.08. The van der Waals surface area contributed by atoms with Crippen LogP contribution in [-0.4, -0.2) is 17.0 Å². The standard InChI is InChI=1S/C16H18N4O/c1-9-6-13(8-17)7-10(2)14(9)21-16-11(3)15(18-5)19-12(4)20-16/h6-7H,1-5H3,(H,18,19,20). The number of benzene rings is 1. The monoisotopic (exact) mass is 282 g/mol. The summed E-state index contributed by atoms with van der Waals surface area (Å²) in [5.41, 5.74) is 3.30. The largest absolute Gasteiger partial charge is 0.438 e. The summed E-state index contributed by atoms with van der Waals surface area (Å²) in [5, 5.41) is 12.0. The zero-order valence-electron chi connectivity index (χ0n) is 12.9. The second kappa shape index (κ2) is 5.80. The summed E-state index contributed by atoms with van der Waals surface area (Å²) < 4.78 is 5.99. The van der Waals surface area contributed by atoms with Crippen molar-refractivity contribution < 1.29 is 4.74 Å². The first-order valence-corrected chi connectivity index (χ1v) is 6.68. The third-order valence-corrected chi connectivity index (χ3v) is 3.24. The highest BCUT2D eigenvalue weighted by Gasteiger charge is 2.13. The molecule has 0 amide bonds. The number of hydrogen-bond acceptors (Lipinski definition) is 5. The molecule has 0 unspecified atom stereocenters. The zero-order chi connectivity index (χ0) is 15.6. The van der Waals surface area contributed by atoms with Crippen LogP contribution in [0.15, 0.2) is 12.1 Å². The van der Waals surface area contributed by atoms with Crippen LogP contribution < -0.4 is 10.1 Å². The number of nitrogens with zero attached hydrogens (tertiary/aromatic N) is 3. The van der Waals surface area contributed by atoms with E-state index in [1.165, 1.54) is 0 Å². The predicted octanol–water partition coefficient (Wildman–Crippen LogP) is 3.42. The Bertz CT molecular complexity index is 709. The van der Waals surface area contributed by atoms with Gasteiger partial charge in [-0.25, -0.2) is 4.98 Å². The molecule has 1 N–H and O–H groups in total. The molecule has 0 saturated heterocycles. The third-order valence-electron chi connectivity index (χ3n) is 3.24. The van der Waals surface area contributed by atoms with Gasteiger partial charge in [0.15, 0.2) is 0 Å². The molecule has 108 valence electrons. The fourth-order valence-corrected chi connectivity index (χ4v) is 2.22. The van der Waals surface area contributed by atoms with Gasteiger partial charge in [-0.3, -0.25) is 0 Å². The van der Waals surface area contributed by atoms with E-state index in [9.17, 15) is 0 Å². The van der Waals surface area contributed by atoms with Gasteiger partial charge in [0, 0.05) is 7.05 Å². The van der Waals surface area contributed by atoms with Crippen molar-refractivity contribution in [2.45, 2.75) is 27.7 Å². The molecule has 0 radical (unpaired) electrons. The highest BCUT2D eigenvalue weighted by atomic mass is 16.5. The summed E-state index contributed by atoms with van der Waals surface area (Å²) in [6.45, 7) is 7.58. The minimum Gasteiger partial charge on any atom is -0.438 e. The summed E-state index contributed by atoms with van der Waals surface area (Å²) >= 11 is 0. The van der Waals surface area contributed by atoms with Gasteiger partial charge in [0.25, 0.3) is 0 Å². The van der Waals surface area contributed by atoms with Crippen molar-refractivity contribution in [1.29, 1.82) is 5.26 Å². The lowest BCUT2D eigenvalue weighted by molar-refractivity contribution is 0.449. The van der Waals surface area contributed by atoms with Crippen LogP contribution in [0.3, 0.4) is 0 Å². The molecule has 1 aromatic carbocycles. The maximum atomic E-state index is 9.00. The van der Waals surface area contributed by atoms with Crippen molar-refractivity contribution in [3.05, 3.63) is 40.2 Å². The van der Waals surface area contributed by atoms with Crippen LogP contribution in [0.25, 0.3) is 0 Å². The van der Waals surface area contributed by atoms with Crippen molar-refractivity contribution in [3.8, 4) is 17.7 Å². The molecule has 0 fully saturated rings. The minimum atomic E-state index is 0.530. The van der Waals surface area contributed by atoms with Gasteiger partial charge in [-0.2, -0.15) is 10.2 Å². The average Bonchev–Trinajstić information content (AvgIpc) is 2.45. The lowest BCUT2D eigenvalue weighted by Gasteiger charge is -2.15. The van der Waals surface area contributed by atoms with Crippen LogP contribution >= 0.6 is 0 Å². The maximum Gasteiger partial charge on any atom is 0.227 e. The number of anilines is 1. The van der Waals surface area contributed by atoms with E-state index in [0.717, 1.165) is 28.3 Å². The topological polar surface area (TPSA) is 70.8 Å². The molecule has 21 heavy (non-hydrogen) atoms. The molecule has 1 heterocycles. The fourth-order valence-electron chi connectivity index (χ4n) is 2.22. The van der Waals surface area contributed by atoms with Gasteiger partial charge >= 0.3 is 0 Å². The lowest BCUT2D eigenvalue weighted by Crippen LogP contribution is -2.04. The normalized spacial score (nSPS) is 10.1. The van der Waals surface area contributed by atoms with E-state index in [4.69, 9.17) is 10.00 Å². The molecule has 5 heteroatoms. The van der Waals surface area contributed by atoms with E-state index in [1.807, 2.05) is 46.9 Å². The van der Waals surface area contributed by atoms with Crippen LogP contribution in [0.2, 0.25) is 0 Å². The molecule has 0 bridgehead atoms. The van der Waals surface area contributed by atoms with Gasteiger partial charge in [-0.1, -0.05) is 0 Å². The summed E-state index contributed by atoms with van der Waals surface area (Å²) in [4.78, 5) is 8.68. The van der Waals surface area contributed by atoms with E-state index in [2.05, 4.69) is 21.4 Å². The van der Waals surface area contributed by atoms with Crippen molar-refractivity contribution in [3.63, 3.8) is 0 Å². The Morgan fingerprint density at radius 3 is 2.24 bits per heavy atom. The first kappa shape index (κ1) is 14.8. The number of aryl methyl sites for hydroxylation is 3. The number of aromatic nitrogens is 2. The van der Waals surface area contributed by atoms with Gasteiger partial charge in [0.05, 0.1) is 17.2 Å². The molecule has 2 aromatic rings. The number of nitrogens with one attached hydrogen (secondary N) is 1. The van der Waals surface area contributed by atoms with Crippen LogP contribution in [-0.2, 0) is 0 Å². The molecule has 1 aromatic heterocycles. The van der Waals surface area contributed by atoms with Crippen LogP contribution in [0, 0.1) is 39.0 Å². The molecule has 0 aliphatic carbocycles. The molecule has 0 aliphatic rings.